The van der Waals surface area contributed by atoms with Crippen molar-refractivity contribution < 1.29 is 27.8 Å². The monoisotopic (exact) mass is 714 g/mol. The van der Waals surface area contributed by atoms with Crippen LogP contribution in [0.3, 0.4) is 0 Å². The first kappa shape index (κ1) is 37.7. The molecule has 0 bridgehead atoms. The fourth-order valence-electron chi connectivity index (χ4n) is 7.50. The zero-order valence-corrected chi connectivity index (χ0v) is 31.0. The highest BCUT2D eigenvalue weighted by Crippen LogP contribution is 2.40. The number of aryl methyl sites for hydroxylation is 1. The summed E-state index contributed by atoms with van der Waals surface area (Å²) in [5, 5.41) is 10.3. The Bertz CT molecular complexity index is 1560. The van der Waals surface area contributed by atoms with E-state index in [-0.39, 0.29) is 23.7 Å². The van der Waals surface area contributed by atoms with Gasteiger partial charge in [0.2, 0.25) is 10.0 Å². The molecule has 0 radical (unpaired) electrons. The molecule has 5 rings (SSSR count). The molecule has 49 heavy (non-hydrogen) atoms. The van der Waals surface area contributed by atoms with Crippen LogP contribution in [0.1, 0.15) is 106 Å². The predicted molar refractivity (Wildman–Crippen MR) is 197 cm³/mol. The molecule has 1 saturated carbocycles. The molecule has 1 unspecified atom stereocenters. The normalized spacial score (nSPS) is 23.1. The van der Waals surface area contributed by atoms with Crippen molar-refractivity contribution in [3.8, 4) is 5.75 Å². The van der Waals surface area contributed by atoms with Gasteiger partial charge in [-0.1, -0.05) is 43.7 Å². The number of carbonyl (C=O) groups is 1. The number of nitrogens with one attached hydrogen (secondary N) is 1. The Morgan fingerprint density at radius 3 is 2.61 bits per heavy atom. The number of aliphatic hydroxyl groups is 1. The van der Waals surface area contributed by atoms with Crippen molar-refractivity contribution in [3.05, 3.63) is 70.3 Å². The van der Waals surface area contributed by atoms with Crippen LogP contribution in [-0.2, 0) is 27.8 Å². The van der Waals surface area contributed by atoms with Crippen molar-refractivity contribution >= 4 is 33.2 Å². The lowest BCUT2D eigenvalue weighted by molar-refractivity contribution is 0.0282. The molecule has 0 spiro atoms. The van der Waals surface area contributed by atoms with E-state index in [1.54, 1.807) is 18.2 Å². The van der Waals surface area contributed by atoms with Crippen molar-refractivity contribution in [2.24, 2.45) is 17.8 Å². The van der Waals surface area contributed by atoms with Gasteiger partial charge >= 0.3 is 0 Å². The molecule has 2 N–H and O–H groups in total. The fraction of sp³-hybridized carbons (Fsp3) is 0.615. The van der Waals surface area contributed by atoms with Gasteiger partial charge in [-0.2, -0.15) is 0 Å². The third kappa shape index (κ3) is 9.81. The Kier molecular flexibility index (Phi) is 13.1. The van der Waals surface area contributed by atoms with Crippen molar-refractivity contribution in [1.82, 2.24) is 4.72 Å². The summed E-state index contributed by atoms with van der Waals surface area (Å²) in [6, 6.07) is 11.1. The summed E-state index contributed by atoms with van der Waals surface area (Å²) in [6.07, 6.45) is 8.24. The van der Waals surface area contributed by atoms with Crippen molar-refractivity contribution in [1.29, 1.82) is 0 Å². The third-order valence-electron chi connectivity index (χ3n) is 11.1. The van der Waals surface area contributed by atoms with Gasteiger partial charge in [-0.05, 0) is 137 Å². The maximum atomic E-state index is 13.9. The summed E-state index contributed by atoms with van der Waals surface area (Å²) in [5.74, 6) is 0.823. The number of aliphatic hydroxyl groups excluding tert-OH is 1. The van der Waals surface area contributed by atoms with Crippen molar-refractivity contribution in [2.45, 2.75) is 115 Å². The Morgan fingerprint density at radius 2 is 1.92 bits per heavy atom. The number of benzene rings is 2. The Morgan fingerprint density at radius 1 is 1.10 bits per heavy atom. The molecule has 270 valence electrons. The van der Waals surface area contributed by atoms with Crippen LogP contribution in [0.5, 0.6) is 5.75 Å². The van der Waals surface area contributed by atoms with E-state index >= 15 is 0 Å². The van der Waals surface area contributed by atoms with Crippen LogP contribution in [0, 0.1) is 17.8 Å². The molecular formula is C39H55ClN2O6S. The Hall–Kier alpha value is -2.59. The van der Waals surface area contributed by atoms with E-state index in [9.17, 15) is 18.3 Å². The second-order valence-electron chi connectivity index (χ2n) is 14.5. The summed E-state index contributed by atoms with van der Waals surface area (Å²) in [6.45, 7) is 12.7. The highest BCUT2D eigenvalue weighted by molar-refractivity contribution is 7.90. The van der Waals surface area contributed by atoms with Crippen LogP contribution in [0.15, 0.2) is 48.6 Å². The van der Waals surface area contributed by atoms with Crippen LogP contribution in [0.2, 0.25) is 5.02 Å². The average Bonchev–Trinajstić information content (AvgIpc) is 3.56. The second kappa shape index (κ2) is 17.1. The molecular weight excluding hydrogens is 660 g/mol. The van der Waals surface area contributed by atoms with Gasteiger partial charge in [0.05, 0.1) is 23.1 Å². The minimum absolute atomic E-state index is 0.133. The maximum absolute atomic E-state index is 13.9. The molecule has 1 amide bonds. The van der Waals surface area contributed by atoms with Crippen LogP contribution >= 0.6 is 11.6 Å². The van der Waals surface area contributed by atoms with Gasteiger partial charge in [0.1, 0.15) is 12.4 Å². The first-order valence-corrected chi connectivity index (χ1v) is 20.2. The highest BCUT2D eigenvalue weighted by Gasteiger charge is 2.36. The number of hydrogen-bond donors (Lipinski definition) is 2. The van der Waals surface area contributed by atoms with Crippen molar-refractivity contribution in [2.75, 3.05) is 24.6 Å². The summed E-state index contributed by atoms with van der Waals surface area (Å²) < 4.78 is 42.5. The number of halogens is 1. The lowest BCUT2D eigenvalue weighted by Crippen LogP contribution is -2.43. The number of carbonyl (C=O) groups excluding carboxylic acids is 1. The summed E-state index contributed by atoms with van der Waals surface area (Å²) in [7, 11) is -4.02. The van der Waals surface area contributed by atoms with Gasteiger partial charge in [-0.3, -0.25) is 4.79 Å². The Balaban J connectivity index is 1.41. The molecule has 1 saturated heterocycles. The number of sulfonamides is 1. The van der Waals surface area contributed by atoms with E-state index < -0.39 is 21.2 Å². The zero-order chi connectivity index (χ0) is 35.1. The van der Waals surface area contributed by atoms with E-state index in [0.29, 0.717) is 55.1 Å². The van der Waals surface area contributed by atoms with Gasteiger partial charge in [-0.15, -0.1) is 0 Å². The fourth-order valence-corrected chi connectivity index (χ4v) is 9.13. The number of hydrogen-bond acceptors (Lipinski definition) is 7. The number of fused-ring (bicyclic) bond motifs is 2. The van der Waals surface area contributed by atoms with Gasteiger partial charge in [0.15, 0.2) is 0 Å². The molecule has 2 aliphatic heterocycles. The number of nitrogens with zero attached hydrogens (tertiary/aromatic N) is 1. The van der Waals surface area contributed by atoms with E-state index in [2.05, 4.69) is 30.0 Å². The molecule has 8 nitrogen and oxygen atoms in total. The van der Waals surface area contributed by atoms with E-state index in [0.717, 1.165) is 81.3 Å². The lowest BCUT2D eigenvalue weighted by atomic mass is 9.70. The minimum Gasteiger partial charge on any atom is -0.487 e. The molecule has 10 heteroatoms. The summed E-state index contributed by atoms with van der Waals surface area (Å²) >= 11 is 6.34. The molecule has 2 heterocycles. The molecule has 3 aliphatic rings. The second-order valence-corrected chi connectivity index (χ2v) is 16.9. The van der Waals surface area contributed by atoms with E-state index in [4.69, 9.17) is 21.1 Å². The number of amides is 1. The number of ether oxygens (including phenoxy) is 2. The van der Waals surface area contributed by atoms with Crippen LogP contribution in [0.25, 0.3) is 0 Å². The van der Waals surface area contributed by atoms with Gasteiger partial charge < -0.3 is 19.5 Å². The summed E-state index contributed by atoms with van der Waals surface area (Å²) in [5.41, 5.74) is 4.29. The largest absolute Gasteiger partial charge is 0.487 e. The van der Waals surface area contributed by atoms with E-state index in [1.807, 2.05) is 25.1 Å². The number of anilines is 1. The maximum Gasteiger partial charge on any atom is 0.264 e. The Labute approximate surface area is 298 Å². The van der Waals surface area contributed by atoms with Gasteiger partial charge in [0.25, 0.3) is 5.91 Å². The minimum atomic E-state index is -4.02. The highest BCUT2D eigenvalue weighted by atomic mass is 35.5. The average molecular weight is 715 g/mol. The quantitative estimate of drug-likeness (QED) is 0.204. The number of allylic oxidation sites excluding steroid dienone is 1. The van der Waals surface area contributed by atoms with Crippen LogP contribution in [0.4, 0.5) is 5.69 Å². The van der Waals surface area contributed by atoms with Gasteiger partial charge in [0, 0.05) is 30.3 Å². The molecule has 1 aliphatic carbocycles. The van der Waals surface area contributed by atoms with Crippen LogP contribution < -0.4 is 14.4 Å². The predicted octanol–water partition coefficient (Wildman–Crippen LogP) is 7.85. The topological polar surface area (TPSA) is 105 Å². The number of rotatable bonds is 13. The lowest BCUT2D eigenvalue weighted by Gasteiger charge is -2.42. The van der Waals surface area contributed by atoms with Crippen molar-refractivity contribution in [3.63, 3.8) is 0 Å². The zero-order valence-electron chi connectivity index (χ0n) is 29.5. The molecule has 2 aromatic rings. The molecule has 2 fully saturated rings. The molecule has 6 atom stereocenters. The smallest absolute Gasteiger partial charge is 0.264 e. The molecule has 0 aromatic heterocycles. The van der Waals surface area contributed by atoms with Gasteiger partial charge in [-0.25, -0.2) is 13.1 Å². The SMILES string of the molecule is C=C(CC[C@H](C[C@H]1CCCO1)S(=O)(=O)NC(=O)c1ccc2c(c1)N(C[C@@H]1CC[C@H]1[C@H](C)O)CCCCc1cc(Cl)ccc1CO2)C(C)CC. The first-order valence-electron chi connectivity index (χ1n) is 18.3. The standard InChI is InChI=1S/C39H55ClN2O6S/c1-5-26(2)27(3)11-16-35(23-34-10-8-20-47-34)49(45,46)41-39(44)30-14-18-38-37(22-30)42(24-31-13-17-36(31)28(4)43)19-7-6-9-29-21-33(40)15-12-32(29)25-48-38/h12,14-15,18,21-22,26,28,31,34-36,43H,3,5-11,13,16-17,19-20,23-25H2,1-2,4H3,(H,41,44)/t26?,28-,31-,34+,35+,36-/m0/s1. The van der Waals surface area contributed by atoms with E-state index in [1.165, 1.54) is 5.56 Å². The first-order chi connectivity index (χ1) is 23.4. The third-order valence-corrected chi connectivity index (χ3v) is 13.1. The summed E-state index contributed by atoms with van der Waals surface area (Å²) in [4.78, 5) is 16.1. The van der Waals surface area contributed by atoms with Crippen LogP contribution in [-0.4, -0.2) is 56.6 Å². The molecule has 2 aromatic carbocycles.